The number of carbonyl (C=O) groups is 2. The lowest BCUT2D eigenvalue weighted by Crippen LogP contribution is -2.36. The van der Waals surface area contributed by atoms with Gasteiger partial charge in [-0.3, -0.25) is 19.4 Å². The van der Waals surface area contributed by atoms with E-state index >= 15 is 0 Å². The Labute approximate surface area is 191 Å². The van der Waals surface area contributed by atoms with E-state index in [1.54, 1.807) is 6.07 Å². The topological polar surface area (TPSA) is 116 Å². The molecule has 0 spiro atoms. The molecule has 2 heterocycles. The van der Waals surface area contributed by atoms with E-state index in [0.717, 1.165) is 23.3 Å². The van der Waals surface area contributed by atoms with E-state index in [1.165, 1.54) is 12.1 Å². The highest BCUT2D eigenvalue weighted by Gasteiger charge is 2.35. The Morgan fingerprint density at radius 3 is 2.62 bits per heavy atom. The van der Waals surface area contributed by atoms with Crippen molar-refractivity contribution in [2.24, 2.45) is 0 Å². The third-order valence-electron chi connectivity index (χ3n) is 5.37. The van der Waals surface area contributed by atoms with E-state index < -0.39 is 35.0 Å². The summed E-state index contributed by atoms with van der Waals surface area (Å²) in [4.78, 5) is 44.7. The van der Waals surface area contributed by atoms with Gasteiger partial charge in [-0.25, -0.2) is 0 Å². The number of nitrogens with zero attached hydrogens (tertiary/aromatic N) is 1. The average molecular weight is 471 g/mol. The van der Waals surface area contributed by atoms with Gasteiger partial charge in [0, 0.05) is 17.8 Å². The van der Waals surface area contributed by atoms with Gasteiger partial charge in [0.1, 0.15) is 5.82 Å². The highest BCUT2D eigenvalue weighted by Crippen LogP contribution is 2.33. The molecule has 1 aliphatic rings. The number of rotatable bonds is 4. The summed E-state index contributed by atoms with van der Waals surface area (Å²) in [6.07, 6.45) is -4.80. The number of alkyl halides is 3. The van der Waals surface area contributed by atoms with E-state index in [1.807, 2.05) is 26.0 Å². The zero-order valence-electron chi connectivity index (χ0n) is 18.1. The number of nitrogens with one attached hydrogen (secondary N) is 4. The number of aromatic amines is 1. The maximum atomic E-state index is 13.0. The lowest BCUT2D eigenvalue weighted by molar-refractivity contribution is -0.137. The largest absolute Gasteiger partial charge is 0.416 e. The van der Waals surface area contributed by atoms with Crippen molar-refractivity contribution in [3.63, 3.8) is 0 Å². The van der Waals surface area contributed by atoms with Gasteiger partial charge in [0.2, 0.25) is 17.8 Å². The van der Waals surface area contributed by atoms with Crippen LogP contribution in [0, 0.1) is 13.8 Å². The van der Waals surface area contributed by atoms with E-state index in [4.69, 9.17) is 0 Å². The number of halogens is 3. The first-order chi connectivity index (χ1) is 16.0. The maximum absolute atomic E-state index is 13.0. The van der Waals surface area contributed by atoms with Crippen LogP contribution >= 0.6 is 0 Å². The zero-order chi connectivity index (χ0) is 24.6. The summed E-state index contributed by atoms with van der Waals surface area (Å²) in [5.74, 6) is -2.47. The number of H-pyrrole nitrogens is 1. The third kappa shape index (κ3) is 4.77. The number of anilines is 4. The highest BCUT2D eigenvalue weighted by atomic mass is 19.4. The van der Waals surface area contributed by atoms with Gasteiger partial charge in [0.05, 0.1) is 17.0 Å². The monoisotopic (exact) mass is 471 g/mol. The molecule has 0 fully saturated rings. The van der Waals surface area contributed by atoms with Crippen LogP contribution in [-0.2, 0) is 15.8 Å². The summed E-state index contributed by atoms with van der Waals surface area (Å²) in [7, 11) is 0. The molecule has 0 saturated carbocycles. The van der Waals surface area contributed by atoms with E-state index in [0.29, 0.717) is 5.69 Å². The van der Waals surface area contributed by atoms with Crippen molar-refractivity contribution in [3.05, 3.63) is 75.1 Å². The van der Waals surface area contributed by atoms with Crippen LogP contribution in [0.1, 0.15) is 34.6 Å². The van der Waals surface area contributed by atoms with Crippen LogP contribution in [-0.4, -0.2) is 21.8 Å². The smallest absolute Gasteiger partial charge is 0.326 e. The van der Waals surface area contributed by atoms with Gasteiger partial charge < -0.3 is 16.0 Å². The Bertz CT molecular complexity index is 1350. The fourth-order valence-corrected chi connectivity index (χ4v) is 3.65. The van der Waals surface area contributed by atoms with E-state index in [2.05, 4.69) is 25.9 Å². The van der Waals surface area contributed by atoms with Gasteiger partial charge in [-0.05, 0) is 49.2 Å². The van der Waals surface area contributed by atoms with Gasteiger partial charge in [-0.2, -0.15) is 18.2 Å². The van der Waals surface area contributed by atoms with Crippen molar-refractivity contribution in [1.29, 1.82) is 0 Å². The molecule has 1 aliphatic heterocycles. The highest BCUT2D eigenvalue weighted by molar-refractivity contribution is 6.04. The lowest BCUT2D eigenvalue weighted by Gasteiger charge is -2.24. The summed E-state index contributed by atoms with van der Waals surface area (Å²) in [6, 6.07) is 9.85. The van der Waals surface area contributed by atoms with Gasteiger partial charge in [-0.15, -0.1) is 0 Å². The summed E-state index contributed by atoms with van der Waals surface area (Å²) in [5, 5.41) is 7.83. The molecule has 0 saturated heterocycles. The van der Waals surface area contributed by atoms with Crippen molar-refractivity contribution in [2.75, 3.05) is 16.0 Å². The van der Waals surface area contributed by atoms with Crippen molar-refractivity contribution >= 4 is 35.0 Å². The van der Waals surface area contributed by atoms with Crippen LogP contribution in [0.15, 0.2) is 47.3 Å². The minimum absolute atomic E-state index is 0.0306. The number of hydrogen-bond acceptors (Lipinski definition) is 5. The number of amides is 2. The molecule has 2 aromatic carbocycles. The maximum Gasteiger partial charge on any atom is 0.416 e. The van der Waals surface area contributed by atoms with E-state index in [-0.39, 0.29) is 29.4 Å². The van der Waals surface area contributed by atoms with Crippen LogP contribution in [0.5, 0.6) is 0 Å². The Morgan fingerprint density at radius 1 is 1.12 bits per heavy atom. The number of carbonyl (C=O) groups excluding carboxylic acids is 2. The molecule has 4 rings (SSSR count). The first kappa shape index (κ1) is 23.0. The summed E-state index contributed by atoms with van der Waals surface area (Å²) in [5.41, 5.74) is 0.723. The molecule has 0 radical (unpaired) electrons. The van der Waals surface area contributed by atoms with Crippen molar-refractivity contribution in [3.8, 4) is 0 Å². The normalized spacial score (nSPS) is 15.3. The minimum atomic E-state index is -4.54. The van der Waals surface area contributed by atoms with Crippen LogP contribution in [0.2, 0.25) is 0 Å². The SMILES string of the molecule is Cc1ccc(C)c(NC(=O)C2CC(=O)Nc3nc(Nc4cccc(C(F)(F)F)c4)[nH]c(=O)c32)c1. The molecule has 34 heavy (non-hydrogen) atoms. The molecule has 176 valence electrons. The van der Waals surface area contributed by atoms with Gasteiger partial charge in [0.15, 0.2) is 0 Å². The van der Waals surface area contributed by atoms with Gasteiger partial charge in [-0.1, -0.05) is 18.2 Å². The zero-order valence-corrected chi connectivity index (χ0v) is 18.1. The second-order valence-electron chi connectivity index (χ2n) is 7.99. The number of hydrogen-bond donors (Lipinski definition) is 4. The van der Waals surface area contributed by atoms with Crippen LogP contribution in [0.4, 0.5) is 36.3 Å². The molecule has 2 amide bonds. The first-order valence-electron chi connectivity index (χ1n) is 10.3. The Kier molecular flexibility index (Phi) is 5.86. The Balaban J connectivity index is 1.64. The Hall–Kier alpha value is -4.15. The van der Waals surface area contributed by atoms with Crippen molar-refractivity contribution in [2.45, 2.75) is 32.4 Å². The molecule has 1 unspecified atom stereocenters. The summed E-state index contributed by atoms with van der Waals surface area (Å²) >= 11 is 0. The standard InChI is InChI=1S/C23H20F3N5O3/c1-11-6-7-12(2)16(8-11)28-20(33)15-10-17(32)29-19-18(15)21(34)31-22(30-19)27-14-5-3-4-13(9-14)23(24,25)26/h3-9,15H,10H2,1-2H3,(H,28,33)(H3,27,29,30,31,32,34). The fraction of sp³-hybridized carbons (Fsp3) is 0.217. The van der Waals surface area contributed by atoms with Crippen molar-refractivity contribution < 1.29 is 22.8 Å². The van der Waals surface area contributed by atoms with Crippen LogP contribution < -0.4 is 21.5 Å². The molecule has 1 aromatic heterocycles. The van der Waals surface area contributed by atoms with Crippen LogP contribution in [0.25, 0.3) is 0 Å². The molecule has 0 aliphatic carbocycles. The molecule has 1 atom stereocenters. The molecular weight excluding hydrogens is 451 g/mol. The number of benzene rings is 2. The molecule has 11 heteroatoms. The average Bonchev–Trinajstić information content (AvgIpc) is 2.75. The second kappa shape index (κ2) is 8.65. The fourth-order valence-electron chi connectivity index (χ4n) is 3.65. The van der Waals surface area contributed by atoms with Crippen LogP contribution in [0.3, 0.4) is 0 Å². The molecule has 8 nitrogen and oxygen atoms in total. The summed E-state index contributed by atoms with van der Waals surface area (Å²) in [6.45, 7) is 3.68. The number of fused-ring (bicyclic) bond motifs is 1. The predicted octanol–water partition coefficient (Wildman–Crippen LogP) is 4.21. The molecule has 4 N–H and O–H groups in total. The number of aromatic nitrogens is 2. The van der Waals surface area contributed by atoms with Crippen molar-refractivity contribution in [1.82, 2.24) is 9.97 Å². The predicted molar refractivity (Wildman–Crippen MR) is 120 cm³/mol. The first-order valence-corrected chi connectivity index (χ1v) is 10.3. The quantitative estimate of drug-likeness (QED) is 0.455. The van der Waals surface area contributed by atoms with E-state index in [9.17, 15) is 27.6 Å². The summed E-state index contributed by atoms with van der Waals surface area (Å²) < 4.78 is 38.9. The minimum Gasteiger partial charge on any atom is -0.326 e. The number of aryl methyl sites for hydroxylation is 2. The molecular formula is C23H20F3N5O3. The lowest BCUT2D eigenvalue weighted by atomic mass is 9.92. The van der Waals surface area contributed by atoms with Gasteiger partial charge in [0.25, 0.3) is 5.56 Å². The molecule has 3 aromatic rings. The second-order valence-corrected chi connectivity index (χ2v) is 7.99. The Morgan fingerprint density at radius 2 is 1.88 bits per heavy atom. The third-order valence-corrected chi connectivity index (χ3v) is 5.37. The van der Waals surface area contributed by atoms with Gasteiger partial charge >= 0.3 is 6.18 Å². The molecule has 0 bridgehead atoms.